The molecule has 0 radical (unpaired) electrons. The lowest BCUT2D eigenvalue weighted by Crippen LogP contribution is -2.22. The molecule has 0 aliphatic carbocycles. The predicted molar refractivity (Wildman–Crippen MR) is 95.7 cm³/mol. The molecule has 7 heteroatoms. The van der Waals surface area contributed by atoms with Gasteiger partial charge in [-0.05, 0) is 30.7 Å². The third kappa shape index (κ3) is 5.19. The van der Waals surface area contributed by atoms with Gasteiger partial charge in [-0.25, -0.2) is 14.0 Å². The first kappa shape index (κ1) is 18.7. The van der Waals surface area contributed by atoms with Gasteiger partial charge >= 0.3 is 12.0 Å². The summed E-state index contributed by atoms with van der Waals surface area (Å²) in [4.78, 5) is 24.2. The molecule has 0 bridgehead atoms. The van der Waals surface area contributed by atoms with Crippen molar-refractivity contribution in [3.63, 3.8) is 0 Å². The first-order valence-electron chi connectivity index (χ1n) is 7.81. The van der Waals surface area contributed by atoms with Gasteiger partial charge < -0.3 is 15.4 Å². The Morgan fingerprint density at radius 3 is 2.60 bits per heavy atom. The van der Waals surface area contributed by atoms with Crippen molar-refractivity contribution in [2.24, 2.45) is 0 Å². The molecule has 2 aromatic carbocycles. The highest BCUT2D eigenvalue weighted by Crippen LogP contribution is 2.25. The van der Waals surface area contributed by atoms with Crippen LogP contribution in [-0.2, 0) is 4.74 Å². The Balaban J connectivity index is 2.09. The number of carbonyl (C=O) groups excluding carboxylic acids is 2. The highest BCUT2D eigenvalue weighted by molar-refractivity contribution is 6.33. The highest BCUT2D eigenvalue weighted by atomic mass is 35.5. The maximum Gasteiger partial charge on any atom is 0.340 e. The van der Waals surface area contributed by atoms with Crippen molar-refractivity contribution in [3.05, 3.63) is 58.9 Å². The van der Waals surface area contributed by atoms with Gasteiger partial charge in [0.05, 0.1) is 28.6 Å². The monoisotopic (exact) mass is 364 g/mol. The molecule has 2 amide bonds. The third-order valence-corrected chi connectivity index (χ3v) is 3.64. The number of anilines is 2. The van der Waals surface area contributed by atoms with Gasteiger partial charge in [-0.15, -0.1) is 0 Å². The van der Waals surface area contributed by atoms with E-state index in [1.165, 1.54) is 18.2 Å². The molecule has 0 saturated heterocycles. The van der Waals surface area contributed by atoms with Gasteiger partial charge in [-0.3, -0.25) is 0 Å². The average Bonchev–Trinajstić information content (AvgIpc) is 2.59. The minimum Gasteiger partial charge on any atom is -0.462 e. The van der Waals surface area contributed by atoms with E-state index in [-0.39, 0.29) is 22.0 Å². The maximum absolute atomic E-state index is 13.7. The maximum atomic E-state index is 13.7. The largest absolute Gasteiger partial charge is 0.462 e. The molecule has 0 aliphatic heterocycles. The smallest absolute Gasteiger partial charge is 0.340 e. The molecule has 2 aromatic rings. The molecular formula is C18H18ClFN2O3. The fraction of sp³-hybridized carbons (Fsp3) is 0.222. The van der Waals surface area contributed by atoms with E-state index in [1.807, 2.05) is 6.92 Å². The van der Waals surface area contributed by atoms with E-state index < -0.39 is 17.8 Å². The summed E-state index contributed by atoms with van der Waals surface area (Å²) >= 11 is 5.87. The van der Waals surface area contributed by atoms with Crippen LogP contribution in [0.15, 0.2) is 42.5 Å². The summed E-state index contributed by atoms with van der Waals surface area (Å²) in [7, 11) is 0. The SMILES string of the molecule is CCCCOC(=O)c1ccccc1NC(=O)Nc1c(F)cccc1Cl. The molecule has 0 heterocycles. The Hall–Kier alpha value is -2.60. The van der Waals surface area contributed by atoms with Gasteiger partial charge in [0.25, 0.3) is 0 Å². The van der Waals surface area contributed by atoms with Gasteiger partial charge in [0.2, 0.25) is 0 Å². The van der Waals surface area contributed by atoms with Crippen molar-refractivity contribution >= 4 is 35.0 Å². The number of unbranched alkanes of at least 4 members (excludes halogenated alkanes) is 1. The second-order valence-corrected chi connectivity index (χ2v) is 5.62. The van der Waals surface area contributed by atoms with Crippen molar-refractivity contribution in [2.75, 3.05) is 17.2 Å². The molecule has 132 valence electrons. The molecule has 0 aliphatic rings. The van der Waals surface area contributed by atoms with Crippen molar-refractivity contribution in [1.82, 2.24) is 0 Å². The molecule has 0 fully saturated rings. The molecule has 5 nitrogen and oxygen atoms in total. The zero-order valence-corrected chi connectivity index (χ0v) is 14.4. The molecule has 2 N–H and O–H groups in total. The Morgan fingerprint density at radius 1 is 1.12 bits per heavy atom. The van der Waals surface area contributed by atoms with Gasteiger partial charge in [0, 0.05) is 0 Å². The summed E-state index contributed by atoms with van der Waals surface area (Å²) in [6, 6.07) is 9.77. The zero-order chi connectivity index (χ0) is 18.2. The minimum absolute atomic E-state index is 0.0717. The number of esters is 1. The summed E-state index contributed by atoms with van der Waals surface area (Å²) in [5, 5.41) is 4.92. The van der Waals surface area contributed by atoms with Crippen LogP contribution in [0.4, 0.5) is 20.6 Å². The number of hydrogen-bond acceptors (Lipinski definition) is 3. The molecule has 2 rings (SSSR count). The summed E-state index contributed by atoms with van der Waals surface area (Å²) < 4.78 is 18.9. The van der Waals surface area contributed by atoms with Crippen molar-refractivity contribution in [1.29, 1.82) is 0 Å². The number of para-hydroxylation sites is 2. The lowest BCUT2D eigenvalue weighted by molar-refractivity contribution is 0.0501. The Kier molecular flexibility index (Phi) is 6.77. The number of nitrogens with one attached hydrogen (secondary N) is 2. The van der Waals surface area contributed by atoms with E-state index >= 15 is 0 Å². The number of ether oxygens (including phenoxy) is 1. The number of urea groups is 1. The fourth-order valence-corrected chi connectivity index (χ4v) is 2.25. The van der Waals surface area contributed by atoms with E-state index in [4.69, 9.17) is 16.3 Å². The lowest BCUT2D eigenvalue weighted by Gasteiger charge is -2.12. The number of rotatable bonds is 6. The molecular weight excluding hydrogens is 347 g/mol. The first-order valence-corrected chi connectivity index (χ1v) is 8.19. The van der Waals surface area contributed by atoms with Crippen LogP contribution in [0, 0.1) is 5.82 Å². The van der Waals surface area contributed by atoms with Crippen LogP contribution >= 0.6 is 11.6 Å². The fourth-order valence-electron chi connectivity index (χ4n) is 2.04. The standard InChI is InChI=1S/C18H18ClFN2O3/c1-2-3-11-25-17(23)12-7-4-5-10-15(12)21-18(24)22-16-13(19)8-6-9-14(16)20/h4-10H,2-3,11H2,1H3,(H2,21,22,24). The molecule has 0 spiro atoms. The van der Waals surface area contributed by atoms with Crippen LogP contribution in [0.25, 0.3) is 0 Å². The Bertz CT molecular complexity index is 747. The zero-order valence-electron chi connectivity index (χ0n) is 13.6. The molecule has 0 atom stereocenters. The van der Waals surface area contributed by atoms with Crippen LogP contribution in [-0.4, -0.2) is 18.6 Å². The van der Waals surface area contributed by atoms with E-state index in [0.717, 1.165) is 12.8 Å². The van der Waals surface area contributed by atoms with Gasteiger partial charge in [0.1, 0.15) is 5.82 Å². The number of benzene rings is 2. The van der Waals surface area contributed by atoms with Gasteiger partial charge in [-0.2, -0.15) is 0 Å². The van der Waals surface area contributed by atoms with Crippen LogP contribution in [0.5, 0.6) is 0 Å². The Morgan fingerprint density at radius 2 is 1.88 bits per heavy atom. The number of halogens is 2. The summed E-state index contributed by atoms with van der Waals surface area (Å²) in [6.07, 6.45) is 1.66. The number of amides is 2. The topological polar surface area (TPSA) is 67.4 Å². The predicted octanol–water partition coefficient (Wildman–Crippen LogP) is 5.08. The third-order valence-electron chi connectivity index (χ3n) is 3.33. The minimum atomic E-state index is -0.721. The van der Waals surface area contributed by atoms with Crippen molar-refractivity contribution in [2.45, 2.75) is 19.8 Å². The van der Waals surface area contributed by atoms with E-state index in [2.05, 4.69) is 10.6 Å². The van der Waals surface area contributed by atoms with Crippen molar-refractivity contribution in [3.8, 4) is 0 Å². The molecule has 0 unspecified atom stereocenters. The normalized spacial score (nSPS) is 10.2. The van der Waals surface area contributed by atoms with Crippen molar-refractivity contribution < 1.29 is 18.7 Å². The lowest BCUT2D eigenvalue weighted by atomic mass is 10.2. The highest BCUT2D eigenvalue weighted by Gasteiger charge is 2.16. The molecule has 0 saturated carbocycles. The van der Waals surface area contributed by atoms with E-state index in [1.54, 1.807) is 24.3 Å². The average molecular weight is 365 g/mol. The summed E-state index contributed by atoms with van der Waals surface area (Å²) in [5.41, 5.74) is 0.340. The van der Waals surface area contributed by atoms with Gasteiger partial charge in [0.15, 0.2) is 0 Å². The van der Waals surface area contributed by atoms with Crippen LogP contribution < -0.4 is 10.6 Å². The van der Waals surface area contributed by atoms with E-state index in [9.17, 15) is 14.0 Å². The second-order valence-electron chi connectivity index (χ2n) is 5.21. The van der Waals surface area contributed by atoms with Crippen LogP contribution in [0.1, 0.15) is 30.1 Å². The molecule has 25 heavy (non-hydrogen) atoms. The summed E-state index contributed by atoms with van der Waals surface area (Å²) in [6.45, 7) is 2.29. The van der Waals surface area contributed by atoms with Crippen LogP contribution in [0.3, 0.4) is 0 Å². The quantitative estimate of drug-likeness (QED) is 0.554. The first-order chi connectivity index (χ1) is 12.0. The van der Waals surface area contributed by atoms with Gasteiger partial charge in [-0.1, -0.05) is 43.1 Å². The number of carbonyl (C=O) groups is 2. The Labute approximate surface area is 150 Å². The summed E-state index contributed by atoms with van der Waals surface area (Å²) in [5.74, 6) is -1.19. The van der Waals surface area contributed by atoms with Crippen LogP contribution in [0.2, 0.25) is 5.02 Å². The number of hydrogen-bond donors (Lipinski definition) is 2. The van der Waals surface area contributed by atoms with E-state index in [0.29, 0.717) is 6.61 Å². The molecule has 0 aromatic heterocycles. The second kappa shape index (κ2) is 9.03.